The van der Waals surface area contributed by atoms with Crippen LogP contribution in [0.5, 0.6) is 11.8 Å². The summed E-state index contributed by atoms with van der Waals surface area (Å²) in [6, 6.07) is 5.32. The normalized spacial score (nSPS) is 24.0. The molecule has 0 unspecified atom stereocenters. The van der Waals surface area contributed by atoms with Crippen molar-refractivity contribution in [2.75, 3.05) is 44.4 Å². The summed E-state index contributed by atoms with van der Waals surface area (Å²) in [6.45, 7) is 4.78. The monoisotopic (exact) mass is 589 g/mol. The van der Waals surface area contributed by atoms with Gasteiger partial charge >= 0.3 is 6.01 Å². The van der Waals surface area contributed by atoms with Crippen LogP contribution in [0.15, 0.2) is 30.5 Å². The van der Waals surface area contributed by atoms with Crippen LogP contribution in [0.2, 0.25) is 0 Å². The highest BCUT2D eigenvalue weighted by Crippen LogP contribution is 2.42. The number of aromatic hydroxyl groups is 1. The van der Waals surface area contributed by atoms with E-state index in [1.165, 1.54) is 30.5 Å². The van der Waals surface area contributed by atoms with Gasteiger partial charge in [0.25, 0.3) is 0 Å². The molecule has 3 atom stereocenters. The van der Waals surface area contributed by atoms with Gasteiger partial charge in [-0.25, -0.2) is 13.2 Å². The van der Waals surface area contributed by atoms with Gasteiger partial charge < -0.3 is 19.5 Å². The molecule has 0 bridgehead atoms. The molecule has 3 aliphatic rings. The molecule has 1 N–H and O–H groups in total. The zero-order valence-electron chi connectivity index (χ0n) is 23.6. The van der Waals surface area contributed by atoms with E-state index in [4.69, 9.17) is 20.9 Å². The van der Waals surface area contributed by atoms with Gasteiger partial charge in [-0.05, 0) is 49.9 Å². The van der Waals surface area contributed by atoms with E-state index >= 15 is 4.39 Å². The minimum atomic E-state index is -0.924. The molecule has 43 heavy (non-hydrogen) atoms. The lowest BCUT2D eigenvalue weighted by atomic mass is 9.95. The van der Waals surface area contributed by atoms with Gasteiger partial charge in [0.1, 0.15) is 41.4 Å². The summed E-state index contributed by atoms with van der Waals surface area (Å²) >= 11 is 0. The molecule has 5 heterocycles. The average molecular weight is 590 g/mol. The largest absolute Gasteiger partial charge is 0.508 e. The molecule has 0 spiro atoms. The van der Waals surface area contributed by atoms with Crippen LogP contribution in [0, 0.1) is 24.0 Å². The first-order valence-electron chi connectivity index (χ1n) is 14.4. The molecule has 3 aliphatic heterocycles. The molecule has 2 aromatic heterocycles. The SMILES string of the molecule is C#Cc1c(F)ccc2cc(O)cc(-c3ncc4c(N5CCOC[C@@H]5C)nc(OC[C@@]56CCCN5C[C@H](F)C6)nc4c3F)c12. The van der Waals surface area contributed by atoms with Crippen LogP contribution in [0.25, 0.3) is 32.9 Å². The number of halogens is 3. The molecule has 0 saturated carbocycles. The Labute approximate surface area is 246 Å². The zero-order valence-corrected chi connectivity index (χ0v) is 23.6. The molecule has 0 radical (unpaired) electrons. The number of pyridine rings is 1. The third kappa shape index (κ3) is 4.60. The van der Waals surface area contributed by atoms with Crippen LogP contribution in [-0.4, -0.2) is 82.2 Å². The summed E-state index contributed by atoms with van der Waals surface area (Å²) in [7, 11) is 0. The molecule has 8 nitrogen and oxygen atoms in total. The number of phenols is 1. The number of anilines is 1. The lowest BCUT2D eigenvalue weighted by Gasteiger charge is -2.35. The number of alkyl halides is 1. The van der Waals surface area contributed by atoms with Crippen LogP contribution in [0.4, 0.5) is 19.0 Å². The first kappa shape index (κ1) is 27.7. The Morgan fingerprint density at radius 2 is 2.09 bits per heavy atom. The highest BCUT2D eigenvalue weighted by Gasteiger charge is 2.49. The topological polar surface area (TPSA) is 83.8 Å². The second kappa shape index (κ2) is 10.5. The Bertz CT molecular complexity index is 1800. The highest BCUT2D eigenvalue weighted by atomic mass is 19.1. The minimum absolute atomic E-state index is 0.0306. The quantitative estimate of drug-likeness (QED) is 0.326. The molecule has 3 saturated heterocycles. The molecule has 0 aliphatic carbocycles. The first-order valence-corrected chi connectivity index (χ1v) is 14.4. The van der Waals surface area contributed by atoms with E-state index in [0.29, 0.717) is 49.3 Å². The van der Waals surface area contributed by atoms with Crippen LogP contribution >= 0.6 is 0 Å². The molecule has 0 amide bonds. The summed E-state index contributed by atoms with van der Waals surface area (Å²) < 4.78 is 57.6. The maximum Gasteiger partial charge on any atom is 0.319 e. The minimum Gasteiger partial charge on any atom is -0.508 e. The Hall–Kier alpha value is -4.14. The summed E-state index contributed by atoms with van der Waals surface area (Å²) in [5.74, 6) is 1.20. The summed E-state index contributed by atoms with van der Waals surface area (Å²) in [5, 5.41) is 11.5. The second-order valence-electron chi connectivity index (χ2n) is 11.7. The van der Waals surface area contributed by atoms with Gasteiger partial charge in [-0.1, -0.05) is 12.0 Å². The average Bonchev–Trinajstić information content (AvgIpc) is 3.52. The summed E-state index contributed by atoms with van der Waals surface area (Å²) in [5.41, 5.74) is -0.578. The van der Waals surface area contributed by atoms with Gasteiger partial charge in [0.15, 0.2) is 5.82 Å². The predicted octanol–water partition coefficient (Wildman–Crippen LogP) is 4.99. The number of nitrogens with zero attached hydrogens (tertiary/aromatic N) is 5. The fraction of sp³-hybridized carbons (Fsp3) is 0.406. The van der Waals surface area contributed by atoms with Crippen molar-refractivity contribution in [2.24, 2.45) is 0 Å². The smallest absolute Gasteiger partial charge is 0.319 e. The number of benzene rings is 2. The third-order valence-electron chi connectivity index (χ3n) is 8.97. The number of aromatic nitrogens is 3. The van der Waals surface area contributed by atoms with Crippen molar-refractivity contribution in [3.63, 3.8) is 0 Å². The van der Waals surface area contributed by atoms with E-state index in [1.54, 1.807) is 0 Å². The fourth-order valence-corrected chi connectivity index (χ4v) is 6.94. The van der Waals surface area contributed by atoms with Crippen molar-refractivity contribution >= 4 is 27.5 Å². The highest BCUT2D eigenvalue weighted by molar-refractivity contribution is 6.03. The number of rotatable bonds is 5. The van der Waals surface area contributed by atoms with Gasteiger partial charge in [0.2, 0.25) is 0 Å². The molecule has 2 aromatic carbocycles. The molecule has 222 valence electrons. The lowest BCUT2D eigenvalue weighted by Crippen LogP contribution is -2.44. The predicted molar refractivity (Wildman–Crippen MR) is 156 cm³/mol. The van der Waals surface area contributed by atoms with E-state index in [1.807, 2.05) is 11.8 Å². The number of hydrogen-bond donors (Lipinski definition) is 1. The van der Waals surface area contributed by atoms with Crippen LogP contribution in [0.3, 0.4) is 0 Å². The van der Waals surface area contributed by atoms with Gasteiger partial charge in [0.05, 0.1) is 35.7 Å². The second-order valence-corrected chi connectivity index (χ2v) is 11.7. The fourth-order valence-electron chi connectivity index (χ4n) is 6.94. The number of ether oxygens (including phenoxy) is 2. The van der Waals surface area contributed by atoms with E-state index < -0.39 is 23.3 Å². The van der Waals surface area contributed by atoms with Crippen molar-refractivity contribution < 1.29 is 27.8 Å². The van der Waals surface area contributed by atoms with Crippen molar-refractivity contribution in [3.8, 4) is 35.4 Å². The standard InChI is InChI=1S/C32H30F3N5O3/c1-3-22-25(34)6-5-19-11-21(41)12-23(26(19)22)28-27(35)29-24(14-36-28)30(40-9-10-42-16-18(40)2)38-31(37-29)43-17-32-7-4-8-39(32)15-20(33)13-32/h1,5-6,11-12,14,18,20,41H,4,7-10,13,15-17H2,2H3/t18-,20+,32-/m0/s1. The van der Waals surface area contributed by atoms with Crippen LogP contribution in [-0.2, 0) is 4.74 Å². The van der Waals surface area contributed by atoms with Gasteiger partial charge in [-0.3, -0.25) is 9.88 Å². The Morgan fingerprint density at radius 1 is 1.23 bits per heavy atom. The van der Waals surface area contributed by atoms with E-state index in [9.17, 15) is 13.9 Å². The molecule has 3 fully saturated rings. The molecule has 11 heteroatoms. The van der Waals surface area contributed by atoms with Crippen molar-refractivity contribution in [2.45, 2.75) is 43.9 Å². The van der Waals surface area contributed by atoms with Gasteiger partial charge in [-0.15, -0.1) is 6.42 Å². The number of hydrogen-bond acceptors (Lipinski definition) is 8. The molecular formula is C32H30F3N5O3. The maximum absolute atomic E-state index is 16.6. The number of fused-ring (bicyclic) bond motifs is 3. The molecule has 4 aromatic rings. The van der Waals surface area contributed by atoms with Gasteiger partial charge in [-0.2, -0.15) is 9.97 Å². The number of morpholine rings is 1. The van der Waals surface area contributed by atoms with E-state index in [0.717, 1.165) is 19.4 Å². The molecule has 7 rings (SSSR count). The Morgan fingerprint density at radius 3 is 2.91 bits per heavy atom. The summed E-state index contributed by atoms with van der Waals surface area (Å²) in [6.07, 6.45) is 8.32. The van der Waals surface area contributed by atoms with Crippen molar-refractivity contribution in [1.29, 1.82) is 0 Å². The van der Waals surface area contributed by atoms with Crippen molar-refractivity contribution in [3.05, 3.63) is 47.7 Å². The van der Waals surface area contributed by atoms with Crippen molar-refractivity contribution in [1.82, 2.24) is 19.9 Å². The third-order valence-corrected chi connectivity index (χ3v) is 8.97. The maximum atomic E-state index is 16.6. The van der Waals surface area contributed by atoms with Gasteiger partial charge in [0, 0.05) is 36.7 Å². The first-order chi connectivity index (χ1) is 20.8. The van der Waals surface area contributed by atoms with Crippen LogP contribution in [0.1, 0.15) is 31.7 Å². The lowest BCUT2D eigenvalue weighted by molar-refractivity contribution is 0.0978. The van der Waals surface area contributed by atoms with E-state index in [2.05, 4.69) is 20.8 Å². The Kier molecular flexibility index (Phi) is 6.78. The van der Waals surface area contributed by atoms with E-state index in [-0.39, 0.29) is 52.1 Å². The zero-order chi connectivity index (χ0) is 29.9. The number of phenolic OH excluding ortho intramolecular Hbond substituents is 1. The van der Waals surface area contributed by atoms with Crippen LogP contribution < -0.4 is 9.64 Å². The number of terminal acetylenes is 1. The summed E-state index contributed by atoms with van der Waals surface area (Å²) in [4.78, 5) is 17.8. The Balaban J connectivity index is 1.39. The molecular weight excluding hydrogens is 559 g/mol.